The van der Waals surface area contributed by atoms with Gasteiger partial charge in [-0.25, -0.2) is 0 Å². The molecule has 0 atom stereocenters. The van der Waals surface area contributed by atoms with Crippen LogP contribution >= 0.6 is 0 Å². The highest BCUT2D eigenvalue weighted by Gasteiger charge is 2.48. The van der Waals surface area contributed by atoms with Crippen LogP contribution in [-0.2, 0) is 30.0 Å². The first kappa shape index (κ1) is 17.0. The molecule has 0 spiro atoms. The first-order valence-corrected chi connectivity index (χ1v) is 8.08. The minimum absolute atomic E-state index is 0.0518. The van der Waals surface area contributed by atoms with Crippen molar-refractivity contribution in [2.24, 2.45) is 5.41 Å². The molecule has 0 rings (SSSR count). The highest BCUT2D eigenvalue weighted by atomic mass is 32.2. The van der Waals surface area contributed by atoms with Gasteiger partial charge in [-0.05, 0) is 37.2 Å². The van der Waals surface area contributed by atoms with E-state index < -0.39 is 17.4 Å². The second-order valence-electron chi connectivity index (χ2n) is 4.30. The van der Waals surface area contributed by atoms with Crippen LogP contribution in [0.25, 0.3) is 0 Å². The number of carbonyl (C=O) groups excluding carboxylic acids is 2. The van der Waals surface area contributed by atoms with Gasteiger partial charge in [0.2, 0.25) is 0 Å². The molecule has 0 saturated heterocycles. The minimum atomic E-state index is -1.40. The van der Waals surface area contributed by atoms with Gasteiger partial charge in [0.25, 0.3) is 0 Å². The van der Waals surface area contributed by atoms with Gasteiger partial charge in [-0.2, -0.15) is 0 Å². The lowest BCUT2D eigenvalue weighted by Crippen LogP contribution is -2.42. The fraction of sp³-hybridized carbons (Fsp3) is 0.692. The number of hydrogen-bond donors (Lipinski definition) is 0. The number of hydrogen-bond acceptors (Lipinski definition) is 4. The van der Waals surface area contributed by atoms with Crippen molar-refractivity contribution in [1.29, 1.82) is 0 Å². The van der Waals surface area contributed by atoms with E-state index in [9.17, 15) is 9.59 Å². The van der Waals surface area contributed by atoms with Gasteiger partial charge in [0.1, 0.15) is 5.75 Å². The topological polar surface area (TPSA) is 52.6 Å². The Morgan fingerprint density at radius 3 is 1.78 bits per heavy atom. The molecule has 18 heavy (non-hydrogen) atoms. The lowest BCUT2D eigenvalue weighted by Gasteiger charge is -2.26. The summed E-state index contributed by atoms with van der Waals surface area (Å²) < 4.78 is 9.96. The van der Waals surface area contributed by atoms with Crippen LogP contribution in [0.4, 0.5) is 0 Å². The lowest BCUT2D eigenvalue weighted by atomic mass is 9.83. The Morgan fingerprint density at radius 2 is 1.50 bits per heavy atom. The summed E-state index contributed by atoms with van der Waals surface area (Å²) in [5.41, 5.74) is -0.851. The summed E-state index contributed by atoms with van der Waals surface area (Å²) >= 11 is 0. The van der Waals surface area contributed by atoms with Gasteiger partial charge in [-0.1, -0.05) is 6.58 Å². The highest BCUT2D eigenvalue weighted by molar-refractivity contribution is 7.95. The molecule has 0 aromatic carbocycles. The second kappa shape index (κ2) is 7.46. The first-order chi connectivity index (χ1) is 8.30. The Balaban J connectivity index is 5.20. The molecular weight excluding hydrogens is 252 g/mol. The average Bonchev–Trinajstić information content (AvgIpc) is 2.27. The number of ether oxygens (including phenoxy) is 2. The van der Waals surface area contributed by atoms with E-state index in [2.05, 4.69) is 6.58 Å². The van der Waals surface area contributed by atoms with Gasteiger partial charge in [0, 0.05) is 0 Å². The third-order valence-electron chi connectivity index (χ3n) is 2.54. The van der Waals surface area contributed by atoms with E-state index in [4.69, 9.17) is 9.47 Å². The lowest BCUT2D eigenvalue weighted by molar-refractivity contribution is -0.167. The molecule has 0 fully saturated rings. The van der Waals surface area contributed by atoms with Gasteiger partial charge in [-0.3, -0.25) is 9.59 Å². The molecule has 0 aliphatic rings. The van der Waals surface area contributed by atoms with Gasteiger partial charge in [0.05, 0.1) is 25.7 Å². The van der Waals surface area contributed by atoms with Crippen molar-refractivity contribution in [3.63, 3.8) is 0 Å². The molecule has 104 valence electrons. The summed E-state index contributed by atoms with van der Waals surface area (Å²) in [5, 5.41) is 0. The van der Waals surface area contributed by atoms with Crippen LogP contribution in [-0.4, -0.2) is 43.4 Å². The fourth-order valence-electron chi connectivity index (χ4n) is 1.42. The summed E-state index contributed by atoms with van der Waals surface area (Å²) in [7, 11) is 0.0518. The van der Waals surface area contributed by atoms with Crippen LogP contribution in [0.2, 0.25) is 0 Å². The standard InChI is InChI=1S/C13H23O4S/c1-7-16-11(14)13(4,12(15)17-8-2)10(3)9-18(5)6/h3,7-9H2,1-2,4-6H3/q+1. The molecule has 0 amide bonds. The van der Waals surface area contributed by atoms with E-state index in [1.54, 1.807) is 13.8 Å². The molecule has 0 radical (unpaired) electrons. The molecule has 0 aromatic heterocycles. The number of rotatable bonds is 7. The third kappa shape index (κ3) is 4.05. The molecule has 0 aliphatic heterocycles. The monoisotopic (exact) mass is 275 g/mol. The van der Waals surface area contributed by atoms with Crippen molar-refractivity contribution in [2.45, 2.75) is 20.8 Å². The zero-order valence-corrected chi connectivity index (χ0v) is 12.7. The normalized spacial score (nSPS) is 11.2. The quantitative estimate of drug-likeness (QED) is 0.306. The maximum atomic E-state index is 12.0. The molecule has 0 N–H and O–H groups in total. The molecule has 0 bridgehead atoms. The van der Waals surface area contributed by atoms with Crippen molar-refractivity contribution in [1.82, 2.24) is 0 Å². The summed E-state index contributed by atoms with van der Waals surface area (Å²) in [6, 6.07) is 0. The second-order valence-corrected chi connectivity index (χ2v) is 6.56. The predicted molar refractivity (Wildman–Crippen MR) is 74.6 cm³/mol. The SMILES string of the molecule is C=C(C[S+](C)C)C(C)(C(=O)OCC)C(=O)OCC. The third-order valence-corrected chi connectivity index (χ3v) is 3.46. The van der Waals surface area contributed by atoms with Crippen LogP contribution in [0.1, 0.15) is 20.8 Å². The van der Waals surface area contributed by atoms with Gasteiger partial charge >= 0.3 is 11.9 Å². The zero-order chi connectivity index (χ0) is 14.3. The highest BCUT2D eigenvalue weighted by Crippen LogP contribution is 2.30. The van der Waals surface area contributed by atoms with Crippen LogP contribution in [0.3, 0.4) is 0 Å². The van der Waals surface area contributed by atoms with Crippen LogP contribution in [0.5, 0.6) is 0 Å². The molecule has 5 heteroatoms. The van der Waals surface area contributed by atoms with Crippen molar-refractivity contribution in [2.75, 3.05) is 31.5 Å². The van der Waals surface area contributed by atoms with Crippen LogP contribution in [0, 0.1) is 5.41 Å². The first-order valence-electron chi connectivity index (χ1n) is 5.87. The molecule has 0 unspecified atom stereocenters. The number of carbonyl (C=O) groups is 2. The molecular formula is C13H23O4S+. The Kier molecular flexibility index (Phi) is 7.06. The van der Waals surface area contributed by atoms with Crippen molar-refractivity contribution in [3.05, 3.63) is 12.2 Å². The Labute approximate surface area is 112 Å². The molecule has 0 aromatic rings. The van der Waals surface area contributed by atoms with E-state index in [-0.39, 0.29) is 24.1 Å². The van der Waals surface area contributed by atoms with Crippen LogP contribution < -0.4 is 0 Å². The summed E-state index contributed by atoms with van der Waals surface area (Å²) in [5.74, 6) is -0.563. The minimum Gasteiger partial charge on any atom is -0.465 e. The van der Waals surface area contributed by atoms with Gasteiger partial charge in [0.15, 0.2) is 5.41 Å². The van der Waals surface area contributed by atoms with E-state index in [1.165, 1.54) is 6.92 Å². The van der Waals surface area contributed by atoms with E-state index in [1.807, 2.05) is 12.5 Å². The molecule has 4 nitrogen and oxygen atoms in total. The van der Waals surface area contributed by atoms with Crippen LogP contribution in [0.15, 0.2) is 12.2 Å². The molecule has 0 aliphatic carbocycles. The van der Waals surface area contributed by atoms with Crippen molar-refractivity contribution >= 4 is 22.8 Å². The maximum Gasteiger partial charge on any atom is 0.327 e. The molecule has 0 heterocycles. The van der Waals surface area contributed by atoms with E-state index in [0.717, 1.165) is 0 Å². The smallest absolute Gasteiger partial charge is 0.327 e. The zero-order valence-electron chi connectivity index (χ0n) is 11.9. The van der Waals surface area contributed by atoms with E-state index in [0.29, 0.717) is 11.3 Å². The fourth-order valence-corrected chi connectivity index (χ4v) is 2.40. The summed E-state index contributed by atoms with van der Waals surface area (Å²) in [4.78, 5) is 24.0. The van der Waals surface area contributed by atoms with Crippen molar-refractivity contribution in [3.8, 4) is 0 Å². The Hall–Kier alpha value is -0.970. The molecule has 0 saturated carbocycles. The van der Waals surface area contributed by atoms with E-state index >= 15 is 0 Å². The Morgan fingerprint density at radius 1 is 1.11 bits per heavy atom. The average molecular weight is 275 g/mol. The maximum absolute atomic E-state index is 12.0. The largest absolute Gasteiger partial charge is 0.465 e. The summed E-state index contributed by atoms with van der Waals surface area (Å²) in [6.45, 7) is 9.27. The van der Waals surface area contributed by atoms with Gasteiger partial charge in [-0.15, -0.1) is 0 Å². The summed E-state index contributed by atoms with van der Waals surface area (Å²) in [6.07, 6.45) is 4.06. The Bertz CT molecular complexity index is 305. The van der Waals surface area contributed by atoms with Gasteiger partial charge < -0.3 is 9.47 Å². The predicted octanol–water partition coefficient (Wildman–Crippen LogP) is 1.55. The van der Waals surface area contributed by atoms with Crippen molar-refractivity contribution < 1.29 is 19.1 Å². The number of esters is 2.